The van der Waals surface area contributed by atoms with Gasteiger partial charge in [0.1, 0.15) is 6.10 Å². The van der Waals surface area contributed by atoms with Crippen molar-refractivity contribution in [1.29, 1.82) is 0 Å². The van der Waals surface area contributed by atoms with Crippen molar-refractivity contribution in [3.8, 4) is 0 Å². The zero-order valence-corrected chi connectivity index (χ0v) is 17.5. The number of rotatable bonds is 4. The van der Waals surface area contributed by atoms with Crippen molar-refractivity contribution in [1.82, 2.24) is 14.9 Å². The highest BCUT2D eigenvalue weighted by atomic mass is 19.4. The Morgan fingerprint density at radius 3 is 2.75 bits per heavy atom. The second kappa shape index (κ2) is 9.08. The molecule has 1 unspecified atom stereocenters. The molecule has 1 saturated heterocycles. The van der Waals surface area contributed by atoms with Crippen molar-refractivity contribution in [2.45, 2.75) is 25.6 Å². The number of aromatic nitrogens is 2. The van der Waals surface area contributed by atoms with Crippen molar-refractivity contribution in [3.05, 3.63) is 94.6 Å². The van der Waals surface area contributed by atoms with Gasteiger partial charge in [-0.05, 0) is 54.8 Å². The number of carbonyl (C=O) groups is 1. The highest BCUT2D eigenvalue weighted by Gasteiger charge is 2.30. The van der Waals surface area contributed by atoms with Gasteiger partial charge in [-0.25, -0.2) is 0 Å². The lowest BCUT2D eigenvalue weighted by Gasteiger charge is -2.33. The van der Waals surface area contributed by atoms with Gasteiger partial charge in [-0.2, -0.15) is 13.2 Å². The van der Waals surface area contributed by atoms with Crippen molar-refractivity contribution in [2.24, 2.45) is 0 Å². The molecule has 1 aromatic carbocycles. The van der Waals surface area contributed by atoms with Crippen LogP contribution < -0.4 is 0 Å². The smallest absolute Gasteiger partial charge is 0.368 e. The van der Waals surface area contributed by atoms with E-state index in [0.717, 1.165) is 17.3 Å². The van der Waals surface area contributed by atoms with Gasteiger partial charge in [-0.1, -0.05) is 18.2 Å². The van der Waals surface area contributed by atoms with E-state index in [1.165, 1.54) is 18.3 Å². The second-order valence-corrected chi connectivity index (χ2v) is 7.77. The molecule has 1 aliphatic rings. The first-order valence-electron chi connectivity index (χ1n) is 10.2. The highest BCUT2D eigenvalue weighted by molar-refractivity contribution is 5.93. The van der Waals surface area contributed by atoms with E-state index in [9.17, 15) is 18.0 Å². The monoisotopic (exact) mass is 441 g/mol. The third-order valence-corrected chi connectivity index (χ3v) is 5.29. The van der Waals surface area contributed by atoms with Crippen LogP contribution in [-0.4, -0.2) is 40.5 Å². The number of halogens is 3. The fraction of sp³-hybridized carbons (Fsp3) is 0.292. The quantitative estimate of drug-likeness (QED) is 0.594. The normalized spacial score (nSPS) is 16.8. The summed E-state index contributed by atoms with van der Waals surface area (Å²) in [6.07, 6.45) is -1.31. The molecular formula is C24H22F3N3O2. The number of hydrogen-bond acceptors (Lipinski definition) is 4. The first kappa shape index (κ1) is 22.0. The molecule has 1 amide bonds. The largest absolute Gasteiger partial charge is 0.416 e. The van der Waals surface area contributed by atoms with Crippen LogP contribution in [0.4, 0.5) is 13.2 Å². The number of pyridine rings is 2. The lowest BCUT2D eigenvalue weighted by molar-refractivity contribution is -0.137. The van der Waals surface area contributed by atoms with E-state index in [1.54, 1.807) is 29.3 Å². The van der Waals surface area contributed by atoms with Crippen molar-refractivity contribution < 1.29 is 22.7 Å². The molecule has 1 fully saturated rings. The minimum atomic E-state index is -4.38. The van der Waals surface area contributed by atoms with Gasteiger partial charge >= 0.3 is 6.18 Å². The molecule has 3 heterocycles. The van der Waals surface area contributed by atoms with Crippen molar-refractivity contribution in [3.63, 3.8) is 0 Å². The van der Waals surface area contributed by atoms with Crippen molar-refractivity contribution in [2.75, 3.05) is 19.7 Å². The Morgan fingerprint density at radius 2 is 2.00 bits per heavy atom. The van der Waals surface area contributed by atoms with Crippen molar-refractivity contribution >= 4 is 5.91 Å². The minimum absolute atomic E-state index is 0.122. The number of nitrogens with zero attached hydrogens (tertiary/aromatic N) is 3. The Balaban J connectivity index is 1.53. The standard InChI is InChI=1S/C24H22F3N3O2/c1-16-10-18(11-17-4-2-6-20(12-17)24(25,26)27)13-21(29-16)22-15-30(8-9-32-22)23(31)19-5-3-7-28-14-19/h2-7,10,12-14,22H,8-9,11,15H2,1H3. The maximum Gasteiger partial charge on any atom is 0.416 e. The molecule has 0 bridgehead atoms. The van der Waals surface area contributed by atoms with Gasteiger partial charge in [-0.15, -0.1) is 0 Å². The van der Waals surface area contributed by atoms with Crippen LogP contribution in [0.3, 0.4) is 0 Å². The zero-order chi connectivity index (χ0) is 22.7. The SMILES string of the molecule is Cc1cc(Cc2cccc(C(F)(F)F)c2)cc(C2CN(C(=O)c3cccnc3)CCO2)n1. The summed E-state index contributed by atoms with van der Waals surface area (Å²) in [5.74, 6) is -0.122. The molecule has 8 heteroatoms. The average molecular weight is 441 g/mol. The number of alkyl halides is 3. The zero-order valence-electron chi connectivity index (χ0n) is 17.5. The Kier molecular flexibility index (Phi) is 6.23. The first-order valence-corrected chi connectivity index (χ1v) is 10.2. The summed E-state index contributed by atoms with van der Waals surface area (Å²) < 4.78 is 45.0. The van der Waals surface area contributed by atoms with E-state index in [-0.39, 0.29) is 5.91 Å². The van der Waals surface area contributed by atoms with E-state index in [1.807, 2.05) is 19.1 Å². The summed E-state index contributed by atoms with van der Waals surface area (Å²) in [7, 11) is 0. The minimum Gasteiger partial charge on any atom is -0.368 e. The first-order chi connectivity index (χ1) is 15.3. The van der Waals surface area contributed by atoms with Crippen LogP contribution in [0.2, 0.25) is 0 Å². The Labute approximate surface area is 183 Å². The third-order valence-electron chi connectivity index (χ3n) is 5.29. The van der Waals surface area contributed by atoms with Crippen LogP contribution in [0, 0.1) is 6.92 Å². The molecule has 1 aliphatic heterocycles. The van der Waals surface area contributed by atoms with E-state index in [0.29, 0.717) is 42.9 Å². The van der Waals surface area contributed by atoms with Crippen LogP contribution in [-0.2, 0) is 17.3 Å². The van der Waals surface area contributed by atoms with Crippen LogP contribution in [0.5, 0.6) is 0 Å². The van der Waals surface area contributed by atoms with Crippen LogP contribution in [0.25, 0.3) is 0 Å². The Hall–Kier alpha value is -3.26. The predicted octanol–water partition coefficient (Wildman–Crippen LogP) is 4.61. The lowest BCUT2D eigenvalue weighted by Crippen LogP contribution is -2.42. The summed E-state index contributed by atoms with van der Waals surface area (Å²) in [4.78, 5) is 23.1. The van der Waals surface area contributed by atoms with E-state index in [4.69, 9.17) is 4.74 Å². The van der Waals surface area contributed by atoms with E-state index >= 15 is 0 Å². The number of hydrogen-bond donors (Lipinski definition) is 0. The summed E-state index contributed by atoms with van der Waals surface area (Å²) in [6.45, 7) is 3.01. The molecule has 4 rings (SSSR count). The number of benzene rings is 1. The molecule has 5 nitrogen and oxygen atoms in total. The highest BCUT2D eigenvalue weighted by Crippen LogP contribution is 2.30. The molecule has 0 N–H and O–H groups in total. The maximum atomic E-state index is 13.0. The van der Waals surface area contributed by atoms with E-state index < -0.39 is 17.8 Å². The van der Waals surface area contributed by atoms with Gasteiger partial charge < -0.3 is 9.64 Å². The molecule has 1 atom stereocenters. The van der Waals surface area contributed by atoms with E-state index in [2.05, 4.69) is 9.97 Å². The average Bonchev–Trinajstić information content (AvgIpc) is 2.78. The summed E-state index contributed by atoms with van der Waals surface area (Å²) >= 11 is 0. The van der Waals surface area contributed by atoms with Gasteiger partial charge in [0, 0.05) is 24.6 Å². The summed E-state index contributed by atoms with van der Waals surface area (Å²) in [5, 5.41) is 0. The Bertz CT molecular complexity index is 1100. The number of aryl methyl sites for hydroxylation is 1. The number of ether oxygens (including phenoxy) is 1. The Morgan fingerprint density at radius 1 is 1.16 bits per heavy atom. The van der Waals surface area contributed by atoms with Crippen LogP contribution >= 0.6 is 0 Å². The molecule has 166 valence electrons. The molecule has 0 aliphatic carbocycles. The van der Waals surface area contributed by atoms with Crippen LogP contribution in [0.1, 0.15) is 44.5 Å². The molecule has 2 aromatic heterocycles. The molecule has 3 aromatic rings. The molecule has 0 radical (unpaired) electrons. The maximum absolute atomic E-state index is 13.0. The lowest BCUT2D eigenvalue weighted by atomic mass is 10.0. The van der Waals surface area contributed by atoms with Gasteiger partial charge in [0.05, 0.1) is 30.0 Å². The fourth-order valence-corrected chi connectivity index (χ4v) is 3.81. The predicted molar refractivity (Wildman–Crippen MR) is 112 cm³/mol. The summed E-state index contributed by atoms with van der Waals surface area (Å²) in [6, 6.07) is 12.5. The summed E-state index contributed by atoms with van der Waals surface area (Å²) in [5.41, 5.74) is 2.65. The molecular weight excluding hydrogens is 419 g/mol. The number of amides is 1. The topological polar surface area (TPSA) is 55.3 Å². The molecule has 0 saturated carbocycles. The van der Waals surface area contributed by atoms with Gasteiger partial charge in [0.2, 0.25) is 0 Å². The number of carbonyl (C=O) groups excluding carboxylic acids is 1. The second-order valence-electron chi connectivity index (χ2n) is 7.77. The third kappa shape index (κ3) is 5.13. The van der Waals surface area contributed by atoms with Crippen LogP contribution in [0.15, 0.2) is 60.9 Å². The van der Waals surface area contributed by atoms with Gasteiger partial charge in [-0.3, -0.25) is 14.8 Å². The molecule has 32 heavy (non-hydrogen) atoms. The van der Waals surface area contributed by atoms with Gasteiger partial charge in [0.15, 0.2) is 0 Å². The molecule has 0 spiro atoms. The fourth-order valence-electron chi connectivity index (χ4n) is 3.81. The number of morpholine rings is 1. The van der Waals surface area contributed by atoms with Gasteiger partial charge in [0.25, 0.3) is 5.91 Å².